The minimum atomic E-state index is -4.37. The van der Waals surface area contributed by atoms with Gasteiger partial charge in [-0.3, -0.25) is 0 Å². The molecule has 0 aromatic carbocycles. The van der Waals surface area contributed by atoms with Crippen LogP contribution in [-0.4, -0.2) is 42.6 Å². The minimum absolute atomic E-state index is 0.870. The molecule has 1 fully saturated rings. The number of halogens is 3. The normalized spacial score (nSPS) is 35.1. The van der Waals surface area contributed by atoms with Crippen LogP contribution in [0.25, 0.3) is 0 Å². The van der Waals surface area contributed by atoms with E-state index in [2.05, 4.69) is 0 Å². The van der Waals surface area contributed by atoms with Crippen LogP contribution in [0.1, 0.15) is 6.42 Å². The van der Waals surface area contributed by atoms with Crippen LogP contribution in [-0.2, 0) is 14.6 Å². The summed E-state index contributed by atoms with van der Waals surface area (Å²) in [5.41, 5.74) is -3.77. The number of aliphatic carboxylic acids is 1. The first-order valence-corrected chi connectivity index (χ1v) is 5.43. The van der Waals surface area contributed by atoms with Crippen molar-refractivity contribution < 1.29 is 31.5 Å². The van der Waals surface area contributed by atoms with E-state index in [1.54, 1.807) is 0 Å². The molecule has 1 atom stereocenters. The Labute approximate surface area is 77.6 Å². The number of alkyl halides is 3. The maximum absolute atomic E-state index is 13.2. The quantitative estimate of drug-likeness (QED) is 0.702. The molecule has 1 aliphatic heterocycles. The third-order valence-electron chi connectivity index (χ3n) is 2.08. The predicted octanol–water partition coefficient (Wildman–Crippen LogP) is 0.233. The average molecular weight is 232 g/mol. The van der Waals surface area contributed by atoms with Crippen LogP contribution in [0.5, 0.6) is 0 Å². The second-order valence-corrected chi connectivity index (χ2v) is 5.34. The van der Waals surface area contributed by atoms with Crippen molar-refractivity contribution in [3.63, 3.8) is 0 Å². The van der Waals surface area contributed by atoms with Crippen molar-refractivity contribution in [2.75, 3.05) is 11.5 Å². The van der Waals surface area contributed by atoms with E-state index >= 15 is 0 Å². The van der Waals surface area contributed by atoms with Crippen molar-refractivity contribution in [1.82, 2.24) is 0 Å². The van der Waals surface area contributed by atoms with Gasteiger partial charge in [0.25, 0.3) is 5.67 Å². The lowest BCUT2D eigenvalue weighted by atomic mass is 9.95. The van der Waals surface area contributed by atoms with Gasteiger partial charge in [-0.15, -0.1) is 0 Å². The van der Waals surface area contributed by atoms with E-state index in [1.807, 2.05) is 0 Å². The van der Waals surface area contributed by atoms with Gasteiger partial charge in [0.05, 0.1) is 5.75 Å². The lowest BCUT2D eigenvalue weighted by molar-refractivity contribution is -0.181. The molecule has 0 spiro atoms. The molecule has 0 bridgehead atoms. The van der Waals surface area contributed by atoms with Crippen LogP contribution < -0.4 is 0 Å². The van der Waals surface area contributed by atoms with Gasteiger partial charge in [0, 0.05) is 6.42 Å². The fourth-order valence-corrected chi connectivity index (χ4v) is 2.72. The highest BCUT2D eigenvalue weighted by molar-refractivity contribution is 7.91. The Hall–Kier alpha value is -0.790. The van der Waals surface area contributed by atoms with Gasteiger partial charge in [-0.25, -0.2) is 26.4 Å². The first-order chi connectivity index (χ1) is 6.11. The van der Waals surface area contributed by atoms with Crippen LogP contribution >= 0.6 is 0 Å². The molecule has 14 heavy (non-hydrogen) atoms. The summed E-state index contributed by atoms with van der Waals surface area (Å²) in [6.07, 6.45) is -1.21. The SMILES string of the molecule is O=C(O)C1(F)CCS(=O)(=O)CC1(F)F. The van der Waals surface area contributed by atoms with Crippen molar-refractivity contribution in [3.05, 3.63) is 0 Å². The molecule has 0 amide bonds. The van der Waals surface area contributed by atoms with Gasteiger partial charge in [-0.05, 0) is 0 Å². The molecule has 1 saturated heterocycles. The third kappa shape index (κ3) is 1.58. The van der Waals surface area contributed by atoms with Crippen LogP contribution in [0.3, 0.4) is 0 Å². The van der Waals surface area contributed by atoms with Crippen molar-refractivity contribution in [3.8, 4) is 0 Å². The van der Waals surface area contributed by atoms with Crippen LogP contribution in [0, 0.1) is 0 Å². The molecular weight excluding hydrogens is 225 g/mol. The number of carboxylic acid groups (broad SMARTS) is 1. The zero-order valence-electron chi connectivity index (χ0n) is 6.84. The van der Waals surface area contributed by atoms with Crippen molar-refractivity contribution in [2.24, 2.45) is 0 Å². The molecule has 1 aliphatic rings. The summed E-state index contributed by atoms with van der Waals surface area (Å²) >= 11 is 0. The molecule has 1 N–H and O–H groups in total. The lowest BCUT2D eigenvalue weighted by Gasteiger charge is -2.33. The summed E-state index contributed by atoms with van der Waals surface area (Å²) in [6, 6.07) is 0. The standard InChI is InChI=1S/C6H7F3O4S/c7-5(4(10)11)1-2-14(12,13)3-6(5,8)9/h1-3H2,(H,10,11). The molecule has 8 heteroatoms. The van der Waals surface area contributed by atoms with Gasteiger partial charge < -0.3 is 5.11 Å². The number of hydrogen-bond acceptors (Lipinski definition) is 3. The molecule has 82 valence electrons. The monoisotopic (exact) mass is 232 g/mol. The van der Waals surface area contributed by atoms with Crippen LogP contribution in [0.4, 0.5) is 13.2 Å². The van der Waals surface area contributed by atoms with Crippen LogP contribution in [0.15, 0.2) is 0 Å². The number of carboxylic acids is 1. The van der Waals surface area contributed by atoms with Gasteiger partial charge in [0.1, 0.15) is 5.75 Å². The van der Waals surface area contributed by atoms with Gasteiger partial charge in [-0.1, -0.05) is 0 Å². The molecule has 0 aromatic rings. The molecule has 1 rings (SSSR count). The largest absolute Gasteiger partial charge is 0.479 e. The fourth-order valence-electron chi connectivity index (χ4n) is 1.21. The summed E-state index contributed by atoms with van der Waals surface area (Å²) in [4.78, 5) is 10.3. The summed E-state index contributed by atoms with van der Waals surface area (Å²) in [5, 5.41) is 8.25. The van der Waals surface area contributed by atoms with Crippen molar-refractivity contribution in [2.45, 2.75) is 18.0 Å². The number of carbonyl (C=O) groups is 1. The highest BCUT2D eigenvalue weighted by atomic mass is 32.2. The Morgan fingerprint density at radius 3 is 2.14 bits per heavy atom. The first-order valence-electron chi connectivity index (χ1n) is 3.61. The van der Waals surface area contributed by atoms with Crippen LogP contribution in [0.2, 0.25) is 0 Å². The number of sulfone groups is 1. The summed E-state index contributed by atoms with van der Waals surface area (Å²) in [7, 11) is -4.05. The van der Waals surface area contributed by atoms with E-state index in [0.29, 0.717) is 0 Å². The Morgan fingerprint density at radius 1 is 1.29 bits per heavy atom. The maximum atomic E-state index is 13.2. The maximum Gasteiger partial charge on any atom is 0.347 e. The van der Waals surface area contributed by atoms with Gasteiger partial charge in [0.15, 0.2) is 9.84 Å². The molecule has 1 unspecified atom stereocenters. The minimum Gasteiger partial charge on any atom is -0.479 e. The van der Waals surface area contributed by atoms with E-state index in [0.717, 1.165) is 0 Å². The molecule has 1 heterocycles. The van der Waals surface area contributed by atoms with Gasteiger partial charge in [0.2, 0.25) is 0 Å². The second kappa shape index (κ2) is 2.85. The fraction of sp³-hybridized carbons (Fsp3) is 0.833. The Bertz CT molecular complexity index is 363. The van der Waals surface area contributed by atoms with Gasteiger partial charge >= 0.3 is 11.9 Å². The Kier molecular flexibility index (Phi) is 2.30. The zero-order chi connectivity index (χ0) is 11.2. The second-order valence-electron chi connectivity index (χ2n) is 3.15. The summed E-state index contributed by atoms with van der Waals surface area (Å²) in [5.74, 6) is -9.30. The summed E-state index contributed by atoms with van der Waals surface area (Å²) < 4.78 is 60.4. The topological polar surface area (TPSA) is 71.4 Å². The Balaban J connectivity index is 3.11. The summed E-state index contributed by atoms with van der Waals surface area (Å²) in [6.45, 7) is 0. The average Bonchev–Trinajstić information content (AvgIpc) is 1.95. The highest BCUT2D eigenvalue weighted by Gasteiger charge is 2.65. The van der Waals surface area contributed by atoms with E-state index in [9.17, 15) is 26.4 Å². The van der Waals surface area contributed by atoms with E-state index in [1.165, 1.54) is 0 Å². The number of hydrogen-bond donors (Lipinski definition) is 1. The van der Waals surface area contributed by atoms with E-state index in [-0.39, 0.29) is 0 Å². The van der Waals surface area contributed by atoms with Crippen molar-refractivity contribution in [1.29, 1.82) is 0 Å². The zero-order valence-corrected chi connectivity index (χ0v) is 7.65. The van der Waals surface area contributed by atoms with Crippen molar-refractivity contribution >= 4 is 15.8 Å². The molecule has 4 nitrogen and oxygen atoms in total. The molecule has 0 saturated carbocycles. The van der Waals surface area contributed by atoms with E-state index in [4.69, 9.17) is 5.11 Å². The third-order valence-corrected chi connectivity index (χ3v) is 3.71. The first kappa shape index (κ1) is 11.3. The van der Waals surface area contributed by atoms with Gasteiger partial charge in [-0.2, -0.15) is 0 Å². The molecule has 0 radical (unpaired) electrons. The smallest absolute Gasteiger partial charge is 0.347 e. The Morgan fingerprint density at radius 2 is 1.79 bits per heavy atom. The highest BCUT2D eigenvalue weighted by Crippen LogP contribution is 2.40. The predicted molar refractivity (Wildman–Crippen MR) is 39.7 cm³/mol. The van der Waals surface area contributed by atoms with E-state index < -0.39 is 45.3 Å². The molecule has 0 aromatic heterocycles. The lowest BCUT2D eigenvalue weighted by Crippen LogP contribution is -2.58. The number of rotatable bonds is 1. The molecule has 0 aliphatic carbocycles. The molecular formula is C6H7F3O4S.